The van der Waals surface area contributed by atoms with Crippen LogP contribution in [0, 0.1) is 0 Å². The third-order valence-electron chi connectivity index (χ3n) is 3.96. The first-order valence-electron chi connectivity index (χ1n) is 10.6. The number of carbonyl (C=O) groups excluding carboxylic acids is 3. The van der Waals surface area contributed by atoms with Gasteiger partial charge in [0.15, 0.2) is 0 Å². The van der Waals surface area contributed by atoms with Crippen molar-refractivity contribution in [3.05, 3.63) is 0 Å². The SMILES string of the molecule is C.CC.CC.CC.CN1CCC1=O.CN1CCCC1=O.CN1CCCCC1=O. The summed E-state index contributed by atoms with van der Waals surface area (Å²) in [7, 11) is 5.52. The van der Waals surface area contributed by atoms with Gasteiger partial charge in [-0.05, 0) is 19.3 Å². The molecule has 3 fully saturated rings. The summed E-state index contributed by atoms with van der Waals surface area (Å²) in [6, 6.07) is 0. The molecule has 3 rings (SSSR count). The molecule has 0 bridgehead atoms. The summed E-state index contributed by atoms with van der Waals surface area (Å²) in [6.07, 6.45) is 5.60. The van der Waals surface area contributed by atoms with Crippen molar-refractivity contribution in [1.82, 2.24) is 14.7 Å². The molecule has 28 heavy (non-hydrogen) atoms. The number of rotatable bonds is 0. The highest BCUT2D eigenvalue weighted by molar-refractivity contribution is 5.81. The molecule has 0 unspecified atom stereocenters. The van der Waals surface area contributed by atoms with E-state index in [-0.39, 0.29) is 13.3 Å². The molecule has 0 aromatic heterocycles. The maximum Gasteiger partial charge on any atom is 0.224 e. The Morgan fingerprint density at radius 2 is 0.821 bits per heavy atom. The molecule has 0 spiro atoms. The first-order chi connectivity index (χ1) is 12.9. The van der Waals surface area contributed by atoms with Gasteiger partial charge in [0.25, 0.3) is 0 Å². The monoisotopic (exact) mass is 403 g/mol. The Bertz CT molecular complexity index is 387. The molecule has 0 aromatic carbocycles. The molecule has 0 N–H and O–H groups in total. The minimum absolute atomic E-state index is 0. The normalized spacial score (nSPS) is 16.6. The minimum Gasteiger partial charge on any atom is -0.346 e. The summed E-state index contributed by atoms with van der Waals surface area (Å²) in [5, 5.41) is 0. The lowest BCUT2D eigenvalue weighted by Gasteiger charge is -2.24. The van der Waals surface area contributed by atoms with E-state index >= 15 is 0 Å². The van der Waals surface area contributed by atoms with Gasteiger partial charge in [0, 0.05) is 60.0 Å². The summed E-state index contributed by atoms with van der Waals surface area (Å²) in [6.45, 7) is 14.9. The number of piperidine rings is 1. The lowest BCUT2D eigenvalue weighted by Crippen LogP contribution is -2.39. The molecule has 0 radical (unpaired) electrons. The third-order valence-corrected chi connectivity index (χ3v) is 3.96. The topological polar surface area (TPSA) is 60.9 Å². The van der Waals surface area contributed by atoms with E-state index in [0.717, 1.165) is 51.7 Å². The van der Waals surface area contributed by atoms with Crippen molar-refractivity contribution in [2.24, 2.45) is 0 Å². The molecule has 170 valence electrons. The van der Waals surface area contributed by atoms with E-state index in [1.54, 1.807) is 14.7 Å². The Hall–Kier alpha value is -1.59. The number of carbonyl (C=O) groups is 3. The number of likely N-dealkylation sites (tertiary alicyclic amines) is 3. The second kappa shape index (κ2) is 23.4. The van der Waals surface area contributed by atoms with E-state index in [1.165, 1.54) is 6.42 Å². The second-order valence-electron chi connectivity index (χ2n) is 5.76. The van der Waals surface area contributed by atoms with Gasteiger partial charge >= 0.3 is 0 Å². The van der Waals surface area contributed by atoms with Crippen LogP contribution in [0.1, 0.15) is 87.5 Å². The van der Waals surface area contributed by atoms with Crippen molar-refractivity contribution in [2.45, 2.75) is 87.5 Å². The molecule has 0 aromatic rings. The van der Waals surface area contributed by atoms with Crippen molar-refractivity contribution in [3.63, 3.8) is 0 Å². The second-order valence-corrected chi connectivity index (χ2v) is 5.76. The van der Waals surface area contributed by atoms with Crippen molar-refractivity contribution >= 4 is 17.7 Å². The van der Waals surface area contributed by atoms with Gasteiger partial charge < -0.3 is 14.7 Å². The van der Waals surface area contributed by atoms with Crippen LogP contribution in [-0.2, 0) is 14.4 Å². The van der Waals surface area contributed by atoms with Crippen molar-refractivity contribution in [2.75, 3.05) is 40.8 Å². The maximum absolute atomic E-state index is 10.7. The zero-order valence-corrected chi connectivity index (χ0v) is 19.4. The molecule has 3 aliphatic heterocycles. The van der Waals surface area contributed by atoms with Gasteiger partial charge in [-0.3, -0.25) is 14.4 Å². The van der Waals surface area contributed by atoms with E-state index in [0.29, 0.717) is 11.8 Å². The Kier molecular flexibility index (Phi) is 28.4. The molecule has 3 saturated heterocycles. The fourth-order valence-electron chi connectivity index (χ4n) is 2.15. The highest BCUT2D eigenvalue weighted by Crippen LogP contribution is 2.07. The van der Waals surface area contributed by atoms with Crippen LogP contribution in [0.2, 0.25) is 0 Å². The van der Waals surface area contributed by atoms with E-state index in [2.05, 4.69) is 0 Å². The predicted octanol–water partition coefficient (Wildman–Crippen LogP) is 4.43. The molecular formula is C22H49N3O3. The number of hydrogen-bond acceptors (Lipinski definition) is 3. The van der Waals surface area contributed by atoms with E-state index in [4.69, 9.17) is 0 Å². The van der Waals surface area contributed by atoms with Gasteiger partial charge in [0.05, 0.1) is 0 Å². The van der Waals surface area contributed by atoms with Gasteiger partial charge in [0.2, 0.25) is 17.7 Å². The van der Waals surface area contributed by atoms with Crippen LogP contribution in [0.3, 0.4) is 0 Å². The van der Waals surface area contributed by atoms with Crippen LogP contribution in [-0.4, -0.2) is 73.2 Å². The molecule has 0 saturated carbocycles. The molecule has 3 amide bonds. The zero-order chi connectivity index (χ0) is 21.8. The standard InChI is InChI=1S/C6H11NO.C5H9NO.C4H7NO.3C2H6.CH4/c1-7-5-3-2-4-6(7)8;1-6-4-2-3-5(6)7;1-5-3-2-4(5)6;3*1-2;/h2-5H2,1H3;2-4H2,1H3;2-3H2,1H3;3*1-2H3;1H4. The molecule has 3 aliphatic rings. The van der Waals surface area contributed by atoms with Crippen LogP contribution >= 0.6 is 0 Å². The first-order valence-corrected chi connectivity index (χ1v) is 10.6. The largest absolute Gasteiger partial charge is 0.346 e. The number of amides is 3. The highest BCUT2D eigenvalue weighted by Gasteiger charge is 2.17. The average Bonchev–Trinajstić information content (AvgIpc) is 3.11. The molecule has 0 aliphatic carbocycles. The summed E-state index contributed by atoms with van der Waals surface area (Å²) in [5.74, 6) is 0.867. The molecule has 6 heteroatoms. The van der Waals surface area contributed by atoms with E-state index in [1.807, 2.05) is 62.7 Å². The smallest absolute Gasteiger partial charge is 0.224 e. The van der Waals surface area contributed by atoms with E-state index < -0.39 is 0 Å². The minimum atomic E-state index is 0. The highest BCUT2D eigenvalue weighted by atomic mass is 16.2. The van der Waals surface area contributed by atoms with Gasteiger partial charge in [-0.25, -0.2) is 0 Å². The summed E-state index contributed by atoms with van der Waals surface area (Å²) in [4.78, 5) is 36.6. The van der Waals surface area contributed by atoms with Crippen LogP contribution in [0.15, 0.2) is 0 Å². The Morgan fingerprint density at radius 1 is 0.500 bits per heavy atom. The van der Waals surface area contributed by atoms with Gasteiger partial charge in [-0.15, -0.1) is 0 Å². The quantitative estimate of drug-likeness (QED) is 0.562. The van der Waals surface area contributed by atoms with Crippen molar-refractivity contribution in [3.8, 4) is 0 Å². The molecule has 6 nitrogen and oxygen atoms in total. The van der Waals surface area contributed by atoms with Crippen LogP contribution in [0.25, 0.3) is 0 Å². The van der Waals surface area contributed by atoms with Gasteiger partial charge in [-0.1, -0.05) is 49.0 Å². The zero-order valence-electron chi connectivity index (χ0n) is 19.4. The van der Waals surface area contributed by atoms with Gasteiger partial charge in [0.1, 0.15) is 0 Å². The van der Waals surface area contributed by atoms with Crippen LogP contribution in [0.5, 0.6) is 0 Å². The number of β-lactam (4-membered cyclic amide) rings is 1. The van der Waals surface area contributed by atoms with E-state index in [9.17, 15) is 14.4 Å². The Labute approximate surface area is 175 Å². The summed E-state index contributed by atoms with van der Waals surface area (Å²) in [5.41, 5.74) is 0. The number of nitrogens with zero attached hydrogens (tertiary/aromatic N) is 3. The fourth-order valence-corrected chi connectivity index (χ4v) is 2.15. The van der Waals surface area contributed by atoms with Crippen molar-refractivity contribution in [1.29, 1.82) is 0 Å². The van der Waals surface area contributed by atoms with Gasteiger partial charge in [-0.2, -0.15) is 0 Å². The van der Waals surface area contributed by atoms with Crippen LogP contribution in [0.4, 0.5) is 0 Å². The summed E-state index contributed by atoms with van der Waals surface area (Å²) >= 11 is 0. The lowest BCUT2D eigenvalue weighted by atomic mass is 10.1. The van der Waals surface area contributed by atoms with Crippen LogP contribution < -0.4 is 0 Å². The lowest BCUT2D eigenvalue weighted by molar-refractivity contribution is -0.137. The summed E-state index contributed by atoms with van der Waals surface area (Å²) < 4.78 is 0. The predicted molar refractivity (Wildman–Crippen MR) is 121 cm³/mol. The maximum atomic E-state index is 10.7. The fraction of sp³-hybridized carbons (Fsp3) is 0.864. The molecular weight excluding hydrogens is 354 g/mol. The number of hydrogen-bond donors (Lipinski definition) is 0. The molecule has 0 atom stereocenters. The third kappa shape index (κ3) is 16.6. The molecule has 3 heterocycles. The Balaban J connectivity index is -0.000000135. The Morgan fingerprint density at radius 3 is 0.964 bits per heavy atom. The van der Waals surface area contributed by atoms with Crippen molar-refractivity contribution < 1.29 is 14.4 Å². The first kappa shape index (κ1) is 34.0. The average molecular weight is 404 g/mol.